The first kappa shape index (κ1) is 16.9. The minimum absolute atomic E-state index is 0.266. The van der Waals surface area contributed by atoms with Crippen LogP contribution in [-0.2, 0) is 17.8 Å². The molecule has 0 atom stereocenters. The maximum Gasteiger partial charge on any atom is 0.260 e. The minimum atomic E-state index is -0.489. The van der Waals surface area contributed by atoms with Gasteiger partial charge in [0, 0.05) is 42.0 Å². The van der Waals surface area contributed by atoms with E-state index in [-0.39, 0.29) is 5.60 Å². The van der Waals surface area contributed by atoms with E-state index in [1.165, 1.54) is 11.3 Å². The molecule has 0 aromatic carbocycles. The molecule has 1 saturated heterocycles. The molecule has 4 rings (SSSR count). The summed E-state index contributed by atoms with van der Waals surface area (Å²) in [6, 6.07) is 0. The van der Waals surface area contributed by atoms with Crippen LogP contribution in [0.1, 0.15) is 34.6 Å². The van der Waals surface area contributed by atoms with E-state index in [9.17, 15) is 4.79 Å². The first-order valence-electron chi connectivity index (χ1n) is 8.37. The average molecular weight is 379 g/mol. The van der Waals surface area contributed by atoms with E-state index in [4.69, 9.17) is 21.2 Å². The number of fused-ring (bicyclic) bond motifs is 3. The van der Waals surface area contributed by atoms with Gasteiger partial charge in [0.15, 0.2) is 0 Å². The molecular weight excluding hydrogens is 356 g/mol. The highest BCUT2D eigenvalue weighted by Crippen LogP contribution is 2.43. The molecule has 134 valence electrons. The van der Waals surface area contributed by atoms with Gasteiger partial charge in [-0.15, -0.1) is 11.3 Å². The third kappa shape index (κ3) is 2.86. The lowest BCUT2D eigenvalue weighted by atomic mass is 9.89. The SMILES string of the molecule is CC1(C)Cc2c(c(N3CCSCC3)nc3sc(C(N)=O)c(N)c23)CO1. The van der Waals surface area contributed by atoms with Crippen molar-refractivity contribution in [3.05, 3.63) is 16.0 Å². The molecule has 2 aliphatic rings. The van der Waals surface area contributed by atoms with Crippen molar-refractivity contribution in [1.29, 1.82) is 0 Å². The predicted octanol–water partition coefficient (Wildman–Crippen LogP) is 2.38. The zero-order valence-electron chi connectivity index (χ0n) is 14.4. The van der Waals surface area contributed by atoms with Crippen molar-refractivity contribution in [2.45, 2.75) is 32.5 Å². The Labute approximate surface area is 154 Å². The third-order valence-corrected chi connectivity index (χ3v) is 6.87. The highest BCUT2D eigenvalue weighted by Gasteiger charge is 2.33. The Kier molecular flexibility index (Phi) is 4.09. The fourth-order valence-electron chi connectivity index (χ4n) is 3.56. The molecule has 2 aromatic heterocycles. The first-order chi connectivity index (χ1) is 11.9. The number of carbonyl (C=O) groups excluding carboxylic acids is 1. The fraction of sp³-hybridized carbons (Fsp3) is 0.529. The van der Waals surface area contributed by atoms with Gasteiger partial charge in [0.05, 0.1) is 17.9 Å². The molecule has 0 bridgehead atoms. The van der Waals surface area contributed by atoms with E-state index in [0.29, 0.717) is 17.2 Å². The molecule has 0 spiro atoms. The summed E-state index contributed by atoms with van der Waals surface area (Å²) in [4.78, 5) is 20.2. The summed E-state index contributed by atoms with van der Waals surface area (Å²) >= 11 is 3.27. The number of primary amides is 1. The number of nitrogen functional groups attached to an aromatic ring is 1. The van der Waals surface area contributed by atoms with Gasteiger partial charge in [-0.1, -0.05) is 0 Å². The summed E-state index contributed by atoms with van der Waals surface area (Å²) in [5, 5.41) is 0.889. The normalized spacial score (nSPS) is 19.8. The van der Waals surface area contributed by atoms with Crippen molar-refractivity contribution in [2.24, 2.45) is 5.73 Å². The molecule has 1 amide bonds. The van der Waals surface area contributed by atoms with Crippen molar-refractivity contribution in [1.82, 2.24) is 4.98 Å². The van der Waals surface area contributed by atoms with Crippen LogP contribution in [0.2, 0.25) is 0 Å². The zero-order chi connectivity index (χ0) is 17.8. The Morgan fingerprint density at radius 2 is 2.00 bits per heavy atom. The Hall–Kier alpha value is -1.51. The van der Waals surface area contributed by atoms with Crippen molar-refractivity contribution in [3.8, 4) is 0 Å². The van der Waals surface area contributed by atoms with E-state index in [0.717, 1.165) is 58.2 Å². The number of anilines is 2. The lowest BCUT2D eigenvalue weighted by Crippen LogP contribution is -2.37. The van der Waals surface area contributed by atoms with E-state index >= 15 is 0 Å². The predicted molar refractivity (Wildman–Crippen MR) is 105 cm³/mol. The lowest BCUT2D eigenvalue weighted by molar-refractivity contribution is -0.0395. The number of pyridine rings is 1. The smallest absolute Gasteiger partial charge is 0.260 e. The largest absolute Gasteiger partial charge is 0.397 e. The van der Waals surface area contributed by atoms with Crippen LogP contribution in [0.25, 0.3) is 10.2 Å². The molecule has 0 aliphatic carbocycles. The molecule has 2 aromatic rings. The summed E-state index contributed by atoms with van der Waals surface area (Å²) in [5.74, 6) is 2.69. The minimum Gasteiger partial charge on any atom is -0.397 e. The number of nitrogens with two attached hydrogens (primary N) is 2. The summed E-state index contributed by atoms with van der Waals surface area (Å²) in [6.45, 7) is 6.63. The van der Waals surface area contributed by atoms with Gasteiger partial charge in [-0.05, 0) is 19.4 Å². The van der Waals surface area contributed by atoms with Gasteiger partial charge in [-0.25, -0.2) is 4.98 Å². The van der Waals surface area contributed by atoms with Gasteiger partial charge >= 0.3 is 0 Å². The maximum atomic E-state index is 11.8. The number of rotatable bonds is 2. The number of thiophene rings is 1. The second-order valence-corrected chi connectivity index (χ2v) is 9.33. The average Bonchev–Trinajstić information content (AvgIpc) is 2.91. The summed E-state index contributed by atoms with van der Waals surface area (Å²) in [6.07, 6.45) is 0.746. The number of ether oxygens (including phenoxy) is 1. The molecular formula is C17H22N4O2S2. The van der Waals surface area contributed by atoms with Crippen molar-refractivity contribution < 1.29 is 9.53 Å². The summed E-state index contributed by atoms with van der Waals surface area (Å²) in [7, 11) is 0. The molecule has 0 unspecified atom stereocenters. The molecule has 1 fully saturated rings. The summed E-state index contributed by atoms with van der Waals surface area (Å²) < 4.78 is 6.07. The van der Waals surface area contributed by atoms with Crippen LogP contribution in [0, 0.1) is 0 Å². The van der Waals surface area contributed by atoms with Gasteiger partial charge in [-0.2, -0.15) is 11.8 Å². The Bertz CT molecular complexity index is 856. The number of aromatic nitrogens is 1. The van der Waals surface area contributed by atoms with Gasteiger partial charge in [0.25, 0.3) is 5.91 Å². The molecule has 4 heterocycles. The van der Waals surface area contributed by atoms with Gasteiger partial charge in [0.2, 0.25) is 0 Å². The number of amides is 1. The van der Waals surface area contributed by atoms with Crippen LogP contribution in [0.5, 0.6) is 0 Å². The van der Waals surface area contributed by atoms with Crippen LogP contribution >= 0.6 is 23.1 Å². The molecule has 6 nitrogen and oxygen atoms in total. The number of hydrogen-bond donors (Lipinski definition) is 2. The molecule has 2 aliphatic heterocycles. The van der Waals surface area contributed by atoms with Crippen LogP contribution in [0.3, 0.4) is 0 Å². The Balaban J connectivity index is 1.96. The van der Waals surface area contributed by atoms with Crippen molar-refractivity contribution in [2.75, 3.05) is 35.2 Å². The number of carbonyl (C=O) groups is 1. The monoisotopic (exact) mass is 378 g/mol. The Morgan fingerprint density at radius 3 is 2.68 bits per heavy atom. The topological polar surface area (TPSA) is 94.5 Å². The standard InChI is InChI=1S/C17H22N4O2S2/c1-17(2)7-9-10(8-23-17)15(21-3-5-24-6-4-21)20-16-11(9)12(18)13(25-16)14(19)22/h3-8,18H2,1-2H3,(H2,19,22). The molecule has 8 heteroatoms. The van der Waals surface area contributed by atoms with Crippen molar-refractivity contribution >= 4 is 50.7 Å². The first-order valence-corrected chi connectivity index (χ1v) is 10.3. The van der Waals surface area contributed by atoms with Crippen LogP contribution < -0.4 is 16.4 Å². The second kappa shape index (κ2) is 6.03. The number of thioether (sulfide) groups is 1. The molecule has 0 saturated carbocycles. The molecule has 0 radical (unpaired) electrons. The quantitative estimate of drug-likeness (QED) is 0.833. The summed E-state index contributed by atoms with van der Waals surface area (Å²) in [5.41, 5.74) is 14.3. The zero-order valence-corrected chi connectivity index (χ0v) is 16.1. The third-order valence-electron chi connectivity index (χ3n) is 4.81. The van der Waals surface area contributed by atoms with E-state index in [1.807, 2.05) is 11.8 Å². The highest BCUT2D eigenvalue weighted by molar-refractivity contribution is 7.99. The van der Waals surface area contributed by atoms with Crippen LogP contribution in [0.15, 0.2) is 0 Å². The number of hydrogen-bond acceptors (Lipinski definition) is 7. The van der Waals surface area contributed by atoms with E-state index < -0.39 is 5.91 Å². The Morgan fingerprint density at radius 1 is 1.28 bits per heavy atom. The lowest BCUT2D eigenvalue weighted by Gasteiger charge is -2.36. The van der Waals surface area contributed by atoms with E-state index in [2.05, 4.69) is 18.7 Å². The van der Waals surface area contributed by atoms with Crippen molar-refractivity contribution in [3.63, 3.8) is 0 Å². The second-order valence-electron chi connectivity index (χ2n) is 7.11. The number of nitrogens with zero attached hydrogens (tertiary/aromatic N) is 2. The van der Waals surface area contributed by atoms with Crippen LogP contribution in [0.4, 0.5) is 11.5 Å². The highest BCUT2D eigenvalue weighted by atomic mass is 32.2. The molecule has 25 heavy (non-hydrogen) atoms. The van der Waals surface area contributed by atoms with Gasteiger partial charge in [-0.3, -0.25) is 4.79 Å². The fourth-order valence-corrected chi connectivity index (χ4v) is 5.44. The van der Waals surface area contributed by atoms with E-state index in [1.54, 1.807) is 0 Å². The van der Waals surface area contributed by atoms with Gasteiger partial charge in [0.1, 0.15) is 15.5 Å². The molecule has 4 N–H and O–H groups in total. The van der Waals surface area contributed by atoms with Gasteiger partial charge < -0.3 is 21.1 Å². The van der Waals surface area contributed by atoms with Crippen LogP contribution in [-0.4, -0.2) is 41.1 Å². The maximum absolute atomic E-state index is 11.8.